The van der Waals surface area contributed by atoms with Gasteiger partial charge in [-0.3, -0.25) is 10.6 Å². The Hall–Kier alpha value is 1.08. The zero-order valence-electron chi connectivity index (χ0n) is 15.8. The van der Waals surface area contributed by atoms with E-state index in [-0.39, 0.29) is 30.9 Å². The molecule has 2 heterocycles. The molecule has 0 aromatic heterocycles. The molecule has 0 aromatic carbocycles. The molecule has 4 fully saturated rings. The number of hydrogen-bond acceptors (Lipinski definition) is 8. The average molecular weight is 498 g/mol. The maximum Gasteiger partial charge on any atom is 2.00 e. The van der Waals surface area contributed by atoms with E-state index < -0.39 is 0 Å². The third-order valence-corrected chi connectivity index (χ3v) is 7.27. The Bertz CT molecular complexity index is 479. The van der Waals surface area contributed by atoms with Gasteiger partial charge in [-0.25, -0.2) is 0 Å². The Balaban J connectivity index is 0.000000187. The van der Waals surface area contributed by atoms with Crippen LogP contribution in [-0.2, 0) is 54.2 Å². The SMILES string of the molecule is S=C([S-])C1CCCC2(C1)NCCO2.S=C([S-])C1CCCC2(C1)NCCO2.[Zn+2]. The summed E-state index contributed by atoms with van der Waals surface area (Å²) in [5.74, 6) is 0.814. The van der Waals surface area contributed by atoms with Gasteiger partial charge in [0.05, 0.1) is 13.2 Å². The first-order valence-electron chi connectivity index (χ1n) is 9.63. The molecule has 2 N–H and O–H groups in total. The van der Waals surface area contributed by atoms with Gasteiger partial charge in [0.15, 0.2) is 0 Å². The van der Waals surface area contributed by atoms with Crippen molar-refractivity contribution in [1.29, 1.82) is 0 Å². The van der Waals surface area contributed by atoms with Crippen LogP contribution in [0.5, 0.6) is 0 Å². The Morgan fingerprint density at radius 3 is 1.52 bits per heavy atom. The molecular formula is C18H28N2O2S4Zn. The van der Waals surface area contributed by atoms with E-state index in [2.05, 4.69) is 10.6 Å². The smallest absolute Gasteiger partial charge is 0.433 e. The molecule has 2 spiro atoms. The molecule has 2 saturated heterocycles. The van der Waals surface area contributed by atoms with E-state index >= 15 is 0 Å². The Morgan fingerprint density at radius 1 is 0.815 bits per heavy atom. The molecule has 0 amide bonds. The molecule has 4 nitrogen and oxygen atoms in total. The molecule has 27 heavy (non-hydrogen) atoms. The summed E-state index contributed by atoms with van der Waals surface area (Å²) in [6.07, 6.45) is 8.83. The van der Waals surface area contributed by atoms with Gasteiger partial charge in [0.25, 0.3) is 0 Å². The second kappa shape index (κ2) is 10.9. The fourth-order valence-corrected chi connectivity index (χ4v) is 5.42. The molecular weight excluding hydrogens is 470 g/mol. The van der Waals surface area contributed by atoms with Gasteiger partial charge in [0, 0.05) is 13.1 Å². The predicted molar refractivity (Wildman–Crippen MR) is 117 cm³/mol. The van der Waals surface area contributed by atoms with E-state index in [9.17, 15) is 0 Å². The maximum atomic E-state index is 5.74. The monoisotopic (exact) mass is 496 g/mol. The van der Waals surface area contributed by atoms with Crippen LogP contribution < -0.4 is 10.6 Å². The van der Waals surface area contributed by atoms with Crippen molar-refractivity contribution in [2.24, 2.45) is 11.8 Å². The normalized spacial score (nSPS) is 38.1. The third-order valence-electron chi connectivity index (χ3n) is 5.94. The number of rotatable bonds is 2. The molecule has 4 aliphatic rings. The van der Waals surface area contributed by atoms with Crippen molar-refractivity contribution in [3.05, 3.63) is 0 Å². The van der Waals surface area contributed by atoms with E-state index in [0.29, 0.717) is 11.8 Å². The van der Waals surface area contributed by atoms with Gasteiger partial charge >= 0.3 is 19.5 Å². The predicted octanol–water partition coefficient (Wildman–Crippen LogP) is 2.73. The summed E-state index contributed by atoms with van der Waals surface area (Å²) >= 11 is 20.3. The first-order chi connectivity index (χ1) is 12.4. The van der Waals surface area contributed by atoms with Crippen molar-refractivity contribution in [2.75, 3.05) is 26.3 Å². The fourth-order valence-electron chi connectivity index (χ4n) is 4.61. The second-order valence-corrected chi connectivity index (χ2v) is 10.0. The van der Waals surface area contributed by atoms with Crippen LogP contribution >= 0.6 is 24.4 Å². The minimum absolute atomic E-state index is 0. The van der Waals surface area contributed by atoms with Crippen molar-refractivity contribution in [1.82, 2.24) is 10.6 Å². The molecule has 2 saturated carbocycles. The molecule has 4 atom stereocenters. The summed E-state index contributed by atoms with van der Waals surface area (Å²) in [6, 6.07) is 0. The zero-order valence-corrected chi connectivity index (χ0v) is 22.0. The summed E-state index contributed by atoms with van der Waals surface area (Å²) in [4.78, 5) is 0. The van der Waals surface area contributed by atoms with Crippen LogP contribution in [0.1, 0.15) is 51.4 Å². The summed E-state index contributed by atoms with van der Waals surface area (Å²) in [5.41, 5.74) is -0.155. The van der Waals surface area contributed by atoms with E-state index in [0.717, 1.165) is 73.2 Å². The van der Waals surface area contributed by atoms with Crippen LogP contribution in [-0.4, -0.2) is 46.1 Å². The van der Waals surface area contributed by atoms with E-state index in [1.54, 1.807) is 0 Å². The standard InChI is InChI=1S/2C9H15NOS2.Zn/c2*12-8(13)7-2-1-3-9(6-7)10-4-5-11-9;/h2*7,10H,1-6H2,(H,12,13);/q;;+2/p-2. The van der Waals surface area contributed by atoms with Gasteiger partial charge in [-0.15, -0.1) is 8.39 Å². The molecule has 2 aliphatic heterocycles. The number of ether oxygens (including phenoxy) is 2. The maximum absolute atomic E-state index is 5.74. The molecule has 0 bridgehead atoms. The second-order valence-electron chi connectivity index (χ2n) is 7.76. The van der Waals surface area contributed by atoms with Crippen LogP contribution in [0, 0.1) is 11.8 Å². The third kappa shape index (κ3) is 6.53. The van der Waals surface area contributed by atoms with E-state index in [4.69, 9.17) is 59.2 Å². The van der Waals surface area contributed by atoms with Gasteiger partial charge in [0.1, 0.15) is 11.4 Å². The molecule has 4 rings (SSSR count). The van der Waals surface area contributed by atoms with Gasteiger partial charge in [-0.05, 0) is 63.2 Å². The largest absolute Gasteiger partial charge is 2.00 e. The van der Waals surface area contributed by atoms with Crippen LogP contribution in [0.2, 0.25) is 0 Å². The number of hydrogen-bond donors (Lipinski definition) is 2. The van der Waals surface area contributed by atoms with Crippen molar-refractivity contribution < 1.29 is 29.0 Å². The minimum atomic E-state index is -0.0776. The minimum Gasteiger partial charge on any atom is -0.433 e. The van der Waals surface area contributed by atoms with E-state index in [1.807, 2.05) is 0 Å². The van der Waals surface area contributed by atoms with E-state index in [1.165, 1.54) is 12.8 Å². The molecule has 2 aliphatic carbocycles. The number of nitrogens with one attached hydrogen (secondary N) is 2. The van der Waals surface area contributed by atoms with Crippen LogP contribution in [0.3, 0.4) is 0 Å². The van der Waals surface area contributed by atoms with Crippen molar-refractivity contribution in [3.63, 3.8) is 0 Å². The van der Waals surface area contributed by atoms with Gasteiger partial charge in [0.2, 0.25) is 0 Å². The average Bonchev–Trinajstić information content (AvgIpc) is 3.26. The molecule has 0 radical (unpaired) electrons. The molecule has 0 aromatic rings. The summed E-state index contributed by atoms with van der Waals surface area (Å²) in [5, 5.41) is 6.86. The van der Waals surface area contributed by atoms with Crippen molar-refractivity contribution in [3.8, 4) is 0 Å². The zero-order chi connectivity index (χ0) is 18.6. The molecule has 4 unspecified atom stereocenters. The van der Waals surface area contributed by atoms with Crippen LogP contribution in [0.4, 0.5) is 0 Å². The van der Waals surface area contributed by atoms with Crippen molar-refractivity contribution >= 4 is 58.1 Å². The first kappa shape index (κ1) is 24.4. The van der Waals surface area contributed by atoms with Crippen LogP contribution in [0.15, 0.2) is 0 Å². The first-order valence-corrected chi connectivity index (χ1v) is 11.3. The van der Waals surface area contributed by atoms with Crippen molar-refractivity contribution in [2.45, 2.75) is 62.8 Å². The Labute approximate surface area is 197 Å². The topological polar surface area (TPSA) is 42.5 Å². The van der Waals surface area contributed by atoms with Crippen LogP contribution in [0.25, 0.3) is 0 Å². The Kier molecular flexibility index (Phi) is 9.85. The molecule has 148 valence electrons. The summed E-state index contributed by atoms with van der Waals surface area (Å²) in [6.45, 7) is 3.60. The number of thiocarbonyl (C=S) groups is 2. The fraction of sp³-hybridized carbons (Fsp3) is 0.889. The molecule has 9 heteroatoms. The van der Waals surface area contributed by atoms with Gasteiger partial charge in [-0.2, -0.15) is 0 Å². The summed E-state index contributed by atoms with van der Waals surface area (Å²) in [7, 11) is 0. The quantitative estimate of drug-likeness (QED) is 0.343. The summed E-state index contributed by atoms with van der Waals surface area (Å²) < 4.78 is 13.0. The van der Waals surface area contributed by atoms with Gasteiger partial charge < -0.3 is 59.2 Å². The van der Waals surface area contributed by atoms with Gasteiger partial charge in [-0.1, -0.05) is 0 Å². The Morgan fingerprint density at radius 2 is 1.22 bits per heavy atom.